The molecule has 6 nitrogen and oxygen atoms in total. The number of nitrogens with zero attached hydrogens (tertiary/aromatic N) is 4. The van der Waals surface area contributed by atoms with Crippen molar-refractivity contribution in [2.75, 3.05) is 0 Å². The number of terminal acetylenes is 1. The minimum atomic E-state index is -1.58. The Labute approximate surface area is 207 Å². The number of aliphatic hydroxyl groups is 1. The molecule has 2 aromatic heterocycles. The van der Waals surface area contributed by atoms with Crippen molar-refractivity contribution in [3.05, 3.63) is 117 Å². The van der Waals surface area contributed by atoms with Crippen molar-refractivity contribution in [3.63, 3.8) is 0 Å². The lowest BCUT2D eigenvalue weighted by atomic mass is 9.82. The summed E-state index contributed by atoms with van der Waals surface area (Å²) in [7, 11) is 3.45. The van der Waals surface area contributed by atoms with E-state index in [2.05, 4.69) is 16.2 Å². The molecule has 0 aliphatic rings. The summed E-state index contributed by atoms with van der Waals surface area (Å²) in [6, 6.07) is 21.6. The van der Waals surface area contributed by atoms with E-state index >= 15 is 0 Å². The molecule has 0 radical (unpaired) electrons. The van der Waals surface area contributed by atoms with E-state index in [1.807, 2.05) is 42.5 Å². The van der Waals surface area contributed by atoms with Crippen LogP contribution in [0.2, 0.25) is 5.02 Å². The maximum absolute atomic E-state index is 12.8. The molecule has 0 saturated carbocycles. The molecule has 0 bridgehead atoms. The molecule has 0 fully saturated rings. The van der Waals surface area contributed by atoms with E-state index in [0.29, 0.717) is 27.4 Å². The Morgan fingerprint density at radius 3 is 2.43 bits per heavy atom. The number of halogens is 1. The minimum absolute atomic E-state index is 0.143. The first kappa shape index (κ1) is 22.6. The standard InChI is InChI=1S/C28H21ClN4O2/c1-4-18-6-5-7-19(14-18)23-16-27(34)32(2)25-13-10-21(15-24(23)25)28(35,26-17-30-31-33(26)3)20-8-11-22(29)12-9-20/h1,5-17,35H,2-3H3/t28-/m1/s1. The second kappa shape index (κ2) is 8.55. The lowest BCUT2D eigenvalue weighted by Crippen LogP contribution is -2.31. The van der Waals surface area contributed by atoms with Crippen molar-refractivity contribution in [2.24, 2.45) is 14.1 Å². The fraction of sp³-hybridized carbons (Fsp3) is 0.107. The third-order valence-corrected chi connectivity index (χ3v) is 6.60. The fourth-order valence-corrected chi connectivity index (χ4v) is 4.60. The third-order valence-electron chi connectivity index (χ3n) is 6.35. The van der Waals surface area contributed by atoms with Crippen molar-refractivity contribution in [2.45, 2.75) is 5.60 Å². The van der Waals surface area contributed by atoms with Crippen molar-refractivity contribution in [1.82, 2.24) is 19.6 Å². The molecule has 0 unspecified atom stereocenters. The van der Waals surface area contributed by atoms with Crippen LogP contribution in [-0.2, 0) is 19.7 Å². The quantitative estimate of drug-likeness (QED) is 0.390. The number of aromatic nitrogens is 4. The van der Waals surface area contributed by atoms with Crippen molar-refractivity contribution in [3.8, 4) is 23.5 Å². The van der Waals surface area contributed by atoms with Crippen LogP contribution in [0.4, 0.5) is 0 Å². The molecular weight excluding hydrogens is 460 g/mol. The van der Waals surface area contributed by atoms with E-state index in [1.165, 1.54) is 10.9 Å². The maximum Gasteiger partial charge on any atom is 0.251 e. The number of fused-ring (bicyclic) bond motifs is 1. The van der Waals surface area contributed by atoms with Gasteiger partial charge in [-0.15, -0.1) is 11.5 Å². The van der Waals surface area contributed by atoms with Crippen molar-refractivity contribution < 1.29 is 5.11 Å². The number of aryl methyl sites for hydroxylation is 2. The zero-order chi connectivity index (χ0) is 24.7. The second-order valence-corrected chi connectivity index (χ2v) is 8.81. The van der Waals surface area contributed by atoms with Crippen LogP contribution < -0.4 is 5.56 Å². The Bertz CT molecular complexity index is 1680. The summed E-state index contributed by atoms with van der Waals surface area (Å²) < 4.78 is 3.12. The van der Waals surface area contributed by atoms with E-state index in [4.69, 9.17) is 18.0 Å². The maximum atomic E-state index is 12.8. The Morgan fingerprint density at radius 1 is 1.00 bits per heavy atom. The van der Waals surface area contributed by atoms with E-state index in [-0.39, 0.29) is 5.56 Å². The number of pyridine rings is 1. The molecule has 0 saturated heterocycles. The van der Waals surface area contributed by atoms with Gasteiger partial charge in [0.2, 0.25) is 0 Å². The summed E-state index contributed by atoms with van der Waals surface area (Å²) in [5.74, 6) is 2.65. The SMILES string of the molecule is C#Cc1cccc(-c2cc(=O)n(C)c3ccc([C@](O)(c4ccc(Cl)cc4)c4cnnn4C)cc23)c1. The summed E-state index contributed by atoms with van der Waals surface area (Å²) >= 11 is 6.13. The lowest BCUT2D eigenvalue weighted by Gasteiger charge is -2.29. The highest BCUT2D eigenvalue weighted by molar-refractivity contribution is 6.30. The van der Waals surface area contributed by atoms with Crippen LogP contribution in [0, 0.1) is 12.3 Å². The smallest absolute Gasteiger partial charge is 0.251 e. The largest absolute Gasteiger partial charge is 0.374 e. The van der Waals surface area contributed by atoms with Gasteiger partial charge in [-0.1, -0.05) is 53.1 Å². The summed E-state index contributed by atoms with van der Waals surface area (Å²) in [6.45, 7) is 0. The van der Waals surface area contributed by atoms with Gasteiger partial charge in [-0.25, -0.2) is 4.68 Å². The molecule has 5 aromatic rings. The highest BCUT2D eigenvalue weighted by atomic mass is 35.5. The Kier molecular flexibility index (Phi) is 5.52. The molecule has 0 amide bonds. The Balaban J connectivity index is 1.84. The zero-order valence-corrected chi connectivity index (χ0v) is 19.9. The normalized spacial score (nSPS) is 12.9. The zero-order valence-electron chi connectivity index (χ0n) is 19.1. The highest BCUT2D eigenvalue weighted by Gasteiger charge is 2.37. The van der Waals surface area contributed by atoms with Gasteiger partial charge in [-0.2, -0.15) is 0 Å². The summed E-state index contributed by atoms with van der Waals surface area (Å²) in [6.07, 6.45) is 7.15. The lowest BCUT2D eigenvalue weighted by molar-refractivity contribution is 0.116. The van der Waals surface area contributed by atoms with Crippen molar-refractivity contribution in [1.29, 1.82) is 0 Å². The van der Waals surface area contributed by atoms with Gasteiger partial charge in [-0.3, -0.25) is 4.79 Å². The molecule has 7 heteroatoms. The summed E-state index contributed by atoms with van der Waals surface area (Å²) in [5, 5.41) is 21.7. The van der Waals surface area contributed by atoms with E-state index in [0.717, 1.165) is 22.0 Å². The number of hydrogen-bond donors (Lipinski definition) is 1. The fourth-order valence-electron chi connectivity index (χ4n) is 4.47. The molecule has 2 heterocycles. The molecule has 172 valence electrons. The molecule has 35 heavy (non-hydrogen) atoms. The van der Waals surface area contributed by atoms with Crippen LogP contribution in [0.1, 0.15) is 22.4 Å². The molecule has 0 aliphatic carbocycles. The van der Waals surface area contributed by atoms with Gasteiger partial charge >= 0.3 is 0 Å². The summed E-state index contributed by atoms with van der Waals surface area (Å²) in [5.41, 5.74) is 2.94. The van der Waals surface area contributed by atoms with E-state index in [9.17, 15) is 9.90 Å². The van der Waals surface area contributed by atoms with Crippen LogP contribution in [0.3, 0.4) is 0 Å². The van der Waals surface area contributed by atoms with Crippen LogP contribution in [0.25, 0.3) is 22.0 Å². The summed E-state index contributed by atoms with van der Waals surface area (Å²) in [4.78, 5) is 12.8. The molecule has 1 atom stereocenters. The Morgan fingerprint density at radius 2 is 1.74 bits per heavy atom. The molecule has 1 N–H and O–H groups in total. The van der Waals surface area contributed by atoms with Crippen LogP contribution in [0.5, 0.6) is 0 Å². The number of rotatable bonds is 4. The molecule has 0 aliphatic heterocycles. The predicted octanol–water partition coefficient (Wildman–Crippen LogP) is 4.25. The minimum Gasteiger partial charge on any atom is -0.374 e. The first-order valence-electron chi connectivity index (χ1n) is 10.9. The first-order chi connectivity index (χ1) is 16.8. The van der Waals surface area contributed by atoms with E-state index < -0.39 is 5.60 Å². The monoisotopic (exact) mass is 480 g/mol. The first-order valence-corrected chi connectivity index (χ1v) is 11.3. The van der Waals surface area contributed by atoms with Gasteiger partial charge in [0, 0.05) is 36.1 Å². The van der Waals surface area contributed by atoms with Gasteiger partial charge in [-0.05, 0) is 58.7 Å². The number of hydrogen-bond acceptors (Lipinski definition) is 4. The average Bonchev–Trinajstić information content (AvgIpc) is 3.32. The highest BCUT2D eigenvalue weighted by Crippen LogP contribution is 2.39. The van der Waals surface area contributed by atoms with Gasteiger partial charge in [0.25, 0.3) is 5.56 Å². The second-order valence-electron chi connectivity index (χ2n) is 8.37. The van der Waals surface area contributed by atoms with Crippen LogP contribution >= 0.6 is 11.6 Å². The van der Waals surface area contributed by atoms with Gasteiger partial charge < -0.3 is 9.67 Å². The van der Waals surface area contributed by atoms with Gasteiger partial charge in [0.1, 0.15) is 0 Å². The third kappa shape index (κ3) is 3.71. The Hall–Kier alpha value is -4.18. The average molecular weight is 481 g/mol. The predicted molar refractivity (Wildman–Crippen MR) is 137 cm³/mol. The van der Waals surface area contributed by atoms with Crippen LogP contribution in [0.15, 0.2) is 83.8 Å². The van der Waals surface area contributed by atoms with E-state index in [1.54, 1.807) is 49.0 Å². The molecular formula is C28H21ClN4O2. The van der Waals surface area contributed by atoms with Gasteiger partial charge in [0.05, 0.1) is 17.4 Å². The molecule has 5 rings (SSSR count). The van der Waals surface area contributed by atoms with Crippen LogP contribution in [-0.4, -0.2) is 24.7 Å². The topological polar surface area (TPSA) is 72.9 Å². The number of benzene rings is 3. The van der Waals surface area contributed by atoms with Gasteiger partial charge in [0.15, 0.2) is 5.60 Å². The van der Waals surface area contributed by atoms with Crippen molar-refractivity contribution >= 4 is 22.5 Å². The molecule has 0 spiro atoms. The molecule has 3 aromatic carbocycles.